The van der Waals surface area contributed by atoms with Gasteiger partial charge in [0, 0.05) is 31.3 Å². The predicted molar refractivity (Wildman–Crippen MR) is 94.7 cm³/mol. The van der Waals surface area contributed by atoms with Crippen LogP contribution in [0.3, 0.4) is 0 Å². The Kier molecular flexibility index (Phi) is 4.69. The number of fused-ring (bicyclic) bond motifs is 1. The number of hydrogen-bond donors (Lipinski definition) is 1. The number of hydrogen-bond acceptors (Lipinski definition) is 2. The highest BCUT2D eigenvalue weighted by atomic mass is 19.3. The molecule has 1 aromatic rings. The first-order valence-corrected chi connectivity index (χ1v) is 8.63. The van der Waals surface area contributed by atoms with Crippen LogP contribution in [0.25, 0.3) is 0 Å². The van der Waals surface area contributed by atoms with E-state index in [0.717, 1.165) is 5.56 Å². The molecule has 138 valence electrons. The third-order valence-corrected chi connectivity index (χ3v) is 5.01. The zero-order valence-electron chi connectivity index (χ0n) is 15.1. The summed E-state index contributed by atoms with van der Waals surface area (Å²) in [6.45, 7) is 3.80. The lowest BCUT2D eigenvalue weighted by molar-refractivity contribution is -0.141. The van der Waals surface area contributed by atoms with Crippen molar-refractivity contribution in [2.24, 2.45) is 5.92 Å². The highest BCUT2D eigenvalue weighted by molar-refractivity contribution is 5.98. The Hall–Kier alpha value is -2.50. The van der Waals surface area contributed by atoms with Crippen LogP contribution in [0.15, 0.2) is 41.5 Å². The van der Waals surface area contributed by atoms with Crippen LogP contribution in [0, 0.1) is 5.92 Å². The number of amides is 2. The molecule has 1 aliphatic heterocycles. The van der Waals surface area contributed by atoms with Crippen molar-refractivity contribution in [3.05, 3.63) is 58.2 Å². The lowest BCUT2D eigenvalue weighted by Crippen LogP contribution is -2.43. The van der Waals surface area contributed by atoms with Crippen molar-refractivity contribution in [3.8, 4) is 0 Å². The average Bonchev–Trinajstić information content (AvgIpc) is 2.86. The van der Waals surface area contributed by atoms with Crippen LogP contribution in [0.5, 0.6) is 0 Å². The molecule has 1 heterocycles. The fourth-order valence-corrected chi connectivity index (χ4v) is 3.65. The minimum absolute atomic E-state index is 0.00381. The minimum atomic E-state index is -3.54. The van der Waals surface area contributed by atoms with Crippen molar-refractivity contribution >= 4 is 11.8 Å². The van der Waals surface area contributed by atoms with Gasteiger partial charge >= 0.3 is 5.92 Å². The molecule has 2 amide bonds. The summed E-state index contributed by atoms with van der Waals surface area (Å²) in [6, 6.07) is 5.15. The monoisotopic (exact) mass is 360 g/mol. The van der Waals surface area contributed by atoms with E-state index in [2.05, 4.69) is 5.32 Å². The van der Waals surface area contributed by atoms with Gasteiger partial charge in [0.05, 0.1) is 0 Å². The maximum Gasteiger partial charge on any atom is 0.346 e. The predicted octanol–water partition coefficient (Wildman–Crippen LogP) is 3.44. The summed E-state index contributed by atoms with van der Waals surface area (Å²) in [6.07, 6.45) is 3.99. The quantitative estimate of drug-likeness (QED) is 0.894. The number of benzene rings is 1. The molecule has 0 fully saturated rings. The number of nitrogens with one attached hydrogen (secondary N) is 1. The second-order valence-electron chi connectivity index (χ2n) is 7.05. The largest absolute Gasteiger partial charge is 0.346 e. The lowest BCUT2D eigenvalue weighted by atomic mass is 9.84. The molecular formula is C20H22F2N2O2. The van der Waals surface area contributed by atoms with Crippen LogP contribution < -0.4 is 5.32 Å². The van der Waals surface area contributed by atoms with Gasteiger partial charge in [0.1, 0.15) is 0 Å². The van der Waals surface area contributed by atoms with E-state index in [-0.39, 0.29) is 23.9 Å². The Morgan fingerprint density at radius 2 is 2.12 bits per heavy atom. The molecule has 0 bridgehead atoms. The molecule has 0 spiro atoms. The first kappa shape index (κ1) is 18.3. The zero-order chi connectivity index (χ0) is 19.1. The molecule has 26 heavy (non-hydrogen) atoms. The summed E-state index contributed by atoms with van der Waals surface area (Å²) >= 11 is 0. The van der Waals surface area contributed by atoms with Gasteiger partial charge in [-0.1, -0.05) is 31.2 Å². The molecule has 0 saturated heterocycles. The molecule has 0 saturated carbocycles. The van der Waals surface area contributed by atoms with Crippen molar-refractivity contribution in [1.82, 2.24) is 10.2 Å². The molecule has 2 aliphatic rings. The third-order valence-electron chi connectivity index (χ3n) is 5.01. The SMILES string of the molecule is CC1=C(C(F)(F)C(=O)NCc2ccc3c(c2)CN(C)C3=O)C(C)CC=C1. The normalized spacial score (nSPS) is 19.8. The van der Waals surface area contributed by atoms with E-state index in [9.17, 15) is 18.4 Å². The van der Waals surface area contributed by atoms with E-state index < -0.39 is 11.8 Å². The average molecular weight is 360 g/mol. The topological polar surface area (TPSA) is 49.4 Å². The Balaban J connectivity index is 1.72. The van der Waals surface area contributed by atoms with Crippen LogP contribution in [0.4, 0.5) is 8.78 Å². The third kappa shape index (κ3) is 3.16. The van der Waals surface area contributed by atoms with Crippen LogP contribution in [0.2, 0.25) is 0 Å². The van der Waals surface area contributed by atoms with E-state index >= 15 is 0 Å². The summed E-state index contributed by atoms with van der Waals surface area (Å²) in [4.78, 5) is 25.7. The second-order valence-corrected chi connectivity index (χ2v) is 7.05. The number of rotatable bonds is 4. The van der Waals surface area contributed by atoms with Crippen LogP contribution in [-0.4, -0.2) is 29.7 Å². The smallest absolute Gasteiger partial charge is 0.346 e. The number of carbonyl (C=O) groups excluding carboxylic acids is 2. The number of carbonyl (C=O) groups is 2. The highest BCUT2D eigenvalue weighted by Crippen LogP contribution is 2.37. The van der Waals surface area contributed by atoms with Gasteiger partial charge in [-0.15, -0.1) is 0 Å². The van der Waals surface area contributed by atoms with Gasteiger partial charge in [-0.2, -0.15) is 8.78 Å². The van der Waals surface area contributed by atoms with E-state index in [0.29, 0.717) is 29.7 Å². The summed E-state index contributed by atoms with van der Waals surface area (Å²) in [7, 11) is 1.71. The molecule has 6 heteroatoms. The molecule has 4 nitrogen and oxygen atoms in total. The van der Waals surface area contributed by atoms with E-state index in [4.69, 9.17) is 0 Å². The van der Waals surface area contributed by atoms with Gasteiger partial charge in [-0.25, -0.2) is 0 Å². The molecule has 0 aromatic heterocycles. The summed E-state index contributed by atoms with van der Waals surface area (Å²) in [5.74, 6) is -5.25. The van der Waals surface area contributed by atoms with Gasteiger partial charge in [0.25, 0.3) is 11.8 Å². The number of alkyl halides is 2. The fourth-order valence-electron chi connectivity index (χ4n) is 3.65. The number of nitrogens with zero attached hydrogens (tertiary/aromatic N) is 1. The maximum atomic E-state index is 14.7. The van der Waals surface area contributed by atoms with Gasteiger partial charge in [0.2, 0.25) is 0 Å². The first-order chi connectivity index (χ1) is 12.2. The van der Waals surface area contributed by atoms with Gasteiger partial charge in [0.15, 0.2) is 0 Å². The summed E-state index contributed by atoms with van der Waals surface area (Å²) in [5, 5.41) is 2.35. The van der Waals surface area contributed by atoms with Gasteiger partial charge < -0.3 is 10.2 Å². The number of halogens is 2. The van der Waals surface area contributed by atoms with Gasteiger partial charge in [-0.05, 0) is 42.0 Å². The minimum Gasteiger partial charge on any atom is -0.346 e. The standard InChI is InChI=1S/C20H22F2N2O2/c1-12-5-4-6-13(2)17(12)20(21,22)19(26)23-10-14-7-8-16-15(9-14)11-24(3)18(16)25/h4-5,7-9,13H,6,10-11H2,1-3H3,(H,23,26). The summed E-state index contributed by atoms with van der Waals surface area (Å²) < 4.78 is 29.3. The summed E-state index contributed by atoms with van der Waals surface area (Å²) in [5.41, 5.74) is 2.50. The lowest BCUT2D eigenvalue weighted by Gasteiger charge is -2.27. The molecule has 0 radical (unpaired) electrons. The van der Waals surface area contributed by atoms with E-state index in [1.807, 2.05) is 6.08 Å². The Morgan fingerprint density at radius 1 is 1.38 bits per heavy atom. The first-order valence-electron chi connectivity index (χ1n) is 8.63. The van der Waals surface area contributed by atoms with Crippen molar-refractivity contribution in [1.29, 1.82) is 0 Å². The van der Waals surface area contributed by atoms with Crippen molar-refractivity contribution in [3.63, 3.8) is 0 Å². The van der Waals surface area contributed by atoms with E-state index in [1.54, 1.807) is 50.1 Å². The Bertz CT molecular complexity index is 827. The van der Waals surface area contributed by atoms with Gasteiger partial charge in [-0.3, -0.25) is 9.59 Å². The zero-order valence-corrected chi connectivity index (χ0v) is 15.1. The van der Waals surface area contributed by atoms with Crippen molar-refractivity contribution < 1.29 is 18.4 Å². The molecular weight excluding hydrogens is 338 g/mol. The molecule has 1 unspecified atom stereocenters. The van der Waals surface area contributed by atoms with Crippen LogP contribution in [0.1, 0.15) is 41.8 Å². The molecule has 1 aromatic carbocycles. The van der Waals surface area contributed by atoms with Crippen LogP contribution in [-0.2, 0) is 17.9 Å². The number of allylic oxidation sites excluding steroid dienone is 3. The van der Waals surface area contributed by atoms with E-state index in [1.165, 1.54) is 0 Å². The molecule has 1 atom stereocenters. The molecule has 1 N–H and O–H groups in total. The fraction of sp³-hybridized carbons (Fsp3) is 0.400. The highest BCUT2D eigenvalue weighted by Gasteiger charge is 2.45. The Morgan fingerprint density at radius 3 is 2.81 bits per heavy atom. The molecule has 3 rings (SSSR count). The van der Waals surface area contributed by atoms with Crippen LogP contribution >= 0.6 is 0 Å². The second kappa shape index (κ2) is 6.67. The van der Waals surface area contributed by atoms with Crippen molar-refractivity contribution in [2.45, 2.75) is 39.3 Å². The maximum absolute atomic E-state index is 14.7. The van der Waals surface area contributed by atoms with Crippen molar-refractivity contribution in [2.75, 3.05) is 7.05 Å². The Labute approximate surface area is 151 Å². The molecule has 1 aliphatic carbocycles.